The molecule has 0 aromatic heterocycles. The van der Waals surface area contributed by atoms with Gasteiger partial charge in [0, 0.05) is 147 Å². The van der Waals surface area contributed by atoms with Crippen LogP contribution in [-0.2, 0) is 19.1 Å². The van der Waals surface area contributed by atoms with Gasteiger partial charge in [0.15, 0.2) is 5.78 Å². The molecule has 4 aliphatic rings. The van der Waals surface area contributed by atoms with Gasteiger partial charge in [0.25, 0.3) is 0 Å². The number of carbonyl (C=O) groups excluding carboxylic acids is 4. The molecule has 3 aliphatic heterocycles. The number of benzene rings is 4. The van der Waals surface area contributed by atoms with Crippen molar-refractivity contribution in [3.05, 3.63) is 124 Å². The molecule has 444 valence electrons. The molecule has 8 rings (SSSR count). The average Bonchev–Trinajstić information content (AvgIpc) is 3.68. The molecule has 82 heavy (non-hydrogen) atoms. The zero-order valence-corrected chi connectivity index (χ0v) is 50.4. The Bertz CT molecular complexity index is 2730. The van der Waals surface area contributed by atoms with Crippen molar-refractivity contribution in [2.24, 2.45) is 11.3 Å². The number of nitrogens with zero attached hydrogens (tertiary/aromatic N) is 5. The number of anilines is 2. The number of aldehydes is 1. The van der Waals surface area contributed by atoms with E-state index in [9.17, 15) is 32.3 Å². The topological polar surface area (TPSA) is 118 Å². The van der Waals surface area contributed by atoms with Gasteiger partial charge in [-0.1, -0.05) is 81.1 Å². The number of ether oxygens (including phenoxy) is 1. The highest BCUT2D eigenvalue weighted by atomic mass is 35.5. The summed E-state index contributed by atoms with van der Waals surface area (Å²) in [7, 11) is 0. The zero-order chi connectivity index (χ0) is 58.1. The average molecular weight is 1190 g/mol. The van der Waals surface area contributed by atoms with E-state index < -0.39 is 11.6 Å². The number of unbranched alkanes of at least 4 members (excludes halogenated alkanes) is 3. The van der Waals surface area contributed by atoms with Crippen LogP contribution < -0.4 is 15.5 Å². The number of allylic oxidation sites excluding steroid dienone is 1. The molecule has 2 amide bonds. The zero-order valence-electron chi connectivity index (χ0n) is 48.0. The van der Waals surface area contributed by atoms with Gasteiger partial charge in [0.05, 0.1) is 19.3 Å². The number of morpholine rings is 1. The molecule has 3 atom stereocenters. The van der Waals surface area contributed by atoms with Crippen LogP contribution in [0.4, 0.5) is 24.5 Å². The van der Waals surface area contributed by atoms with Crippen LogP contribution in [0.5, 0.6) is 0 Å². The molecule has 18 heteroatoms. The minimum atomic E-state index is -4.55. The summed E-state index contributed by atoms with van der Waals surface area (Å²) in [6.07, 6.45) is 8.87. The molecule has 0 saturated carbocycles. The fraction of sp³-hybridized carbons (Fsp3) is 0.531. The van der Waals surface area contributed by atoms with Crippen LogP contribution in [-0.4, -0.2) is 165 Å². The number of carbonyl (C=O) groups is 4. The number of ketones is 1. The summed E-state index contributed by atoms with van der Waals surface area (Å²) < 4.78 is 48.0. The van der Waals surface area contributed by atoms with Crippen LogP contribution in [0.3, 0.4) is 0 Å². The van der Waals surface area contributed by atoms with Crippen LogP contribution in [0.1, 0.15) is 106 Å². The van der Waals surface area contributed by atoms with Crippen LogP contribution in [0.25, 0.3) is 5.57 Å². The Kier molecular flexibility index (Phi) is 23.7. The van der Waals surface area contributed by atoms with Gasteiger partial charge in [-0.05, 0) is 139 Å². The molecular formula is C64H83ClF3N7O5S2. The fourth-order valence-corrected chi connectivity index (χ4v) is 13.2. The molecule has 0 radical (unpaired) electrons. The maximum Gasteiger partial charge on any atom is 0.446 e. The van der Waals surface area contributed by atoms with Crippen molar-refractivity contribution in [2.75, 3.05) is 114 Å². The summed E-state index contributed by atoms with van der Waals surface area (Å²) in [5, 5.41) is 7.01. The van der Waals surface area contributed by atoms with Gasteiger partial charge in [0.2, 0.25) is 11.8 Å². The lowest BCUT2D eigenvalue weighted by Gasteiger charge is -2.40. The molecule has 3 saturated heterocycles. The van der Waals surface area contributed by atoms with Gasteiger partial charge >= 0.3 is 5.51 Å². The van der Waals surface area contributed by atoms with Gasteiger partial charge in [-0.3, -0.25) is 29.1 Å². The van der Waals surface area contributed by atoms with Gasteiger partial charge < -0.3 is 30.0 Å². The first-order chi connectivity index (χ1) is 39.5. The maximum absolute atomic E-state index is 14.1. The number of alkyl halides is 3. The van der Waals surface area contributed by atoms with Gasteiger partial charge in [0.1, 0.15) is 6.29 Å². The van der Waals surface area contributed by atoms with Crippen molar-refractivity contribution in [2.45, 2.75) is 112 Å². The molecule has 2 N–H and O–H groups in total. The van der Waals surface area contributed by atoms with E-state index in [1.807, 2.05) is 80.3 Å². The number of rotatable bonds is 26. The van der Waals surface area contributed by atoms with E-state index in [4.69, 9.17) is 16.3 Å². The summed E-state index contributed by atoms with van der Waals surface area (Å²) >= 11 is 7.83. The Morgan fingerprint density at radius 3 is 2.11 bits per heavy atom. The maximum atomic E-state index is 14.1. The lowest BCUT2D eigenvalue weighted by atomic mass is 9.80. The third kappa shape index (κ3) is 19.6. The van der Waals surface area contributed by atoms with Crippen molar-refractivity contribution in [1.29, 1.82) is 0 Å². The van der Waals surface area contributed by atoms with Crippen LogP contribution in [0.2, 0.25) is 5.02 Å². The number of nitrogens with one attached hydrogen (secondary N) is 2. The van der Waals surface area contributed by atoms with E-state index in [0.717, 1.165) is 158 Å². The van der Waals surface area contributed by atoms with E-state index in [1.165, 1.54) is 22.8 Å². The van der Waals surface area contributed by atoms with Crippen LogP contribution >= 0.6 is 35.1 Å². The van der Waals surface area contributed by atoms with Crippen LogP contribution in [0, 0.1) is 11.3 Å². The molecule has 0 bridgehead atoms. The third-order valence-electron chi connectivity index (χ3n) is 16.3. The molecule has 4 aromatic rings. The summed E-state index contributed by atoms with van der Waals surface area (Å²) in [6.45, 7) is 18.0. The summed E-state index contributed by atoms with van der Waals surface area (Å²) in [5.74, 6) is 0.949. The standard InChI is InChI=1S/C64H83ClF3N7O5S2/c1-63(2,3)59(45-76)70-60(77)13-9-4-5-10-14-61(78)75-35-31-72(32-36-75)43-47-15-25-56(48-16-21-52(65)22-17-48)51(41-47)44-73-29-33-74(34-30-73)54-23-18-49(19-24-54)62(79)50-20-26-57(58(42-50)82-64(66,67)68)69-53(27-28-71-37-39-80-40-38-71)46-81-55-11-7-6-8-12-55/h6-8,11-12,16-24,26,42,45,47,53,59,69H,4-5,9-10,13-15,25,27-41,43-44,46H2,1-3H3,(H,70,77). The molecule has 12 nitrogen and oxygen atoms in total. The lowest BCUT2D eigenvalue weighted by Crippen LogP contribution is -2.50. The molecule has 3 unspecified atom stereocenters. The molecule has 4 aromatic carbocycles. The minimum absolute atomic E-state index is 0.0259. The van der Waals surface area contributed by atoms with Gasteiger partial charge in [-0.15, -0.1) is 11.8 Å². The largest absolute Gasteiger partial charge is 0.446 e. The highest BCUT2D eigenvalue weighted by Gasteiger charge is 2.33. The first-order valence-corrected chi connectivity index (χ1v) is 31.6. The Hall–Kier alpha value is -4.88. The Morgan fingerprint density at radius 1 is 0.768 bits per heavy atom. The van der Waals surface area contributed by atoms with Crippen LogP contribution in [0.15, 0.2) is 112 Å². The Labute approximate surface area is 497 Å². The SMILES string of the molecule is CC(C)(C)C(C=O)NC(=O)CCCCCCC(=O)N1CCN(CC2CCC(c3ccc(Cl)cc3)=C(CN3CCN(c4ccc(C(=O)c5ccc(NC(CCN6CCOCC6)CSc6ccccc6)c(SC(F)(F)F)c5)cc4)CC3)C2)CC1. The predicted octanol–water partition coefficient (Wildman–Crippen LogP) is 12.1. The number of hydrogen-bond acceptors (Lipinski definition) is 12. The van der Waals surface area contributed by atoms with E-state index >= 15 is 0 Å². The van der Waals surface area contributed by atoms with Gasteiger partial charge in [-0.2, -0.15) is 13.2 Å². The highest BCUT2D eigenvalue weighted by molar-refractivity contribution is 8.00. The molecular weight excluding hydrogens is 1100 g/mol. The predicted molar refractivity (Wildman–Crippen MR) is 327 cm³/mol. The number of thioether (sulfide) groups is 2. The van der Waals surface area contributed by atoms with Crippen molar-refractivity contribution < 1.29 is 37.1 Å². The second-order valence-corrected chi connectivity index (χ2v) is 26.1. The Morgan fingerprint density at radius 2 is 1.44 bits per heavy atom. The van der Waals surface area contributed by atoms with E-state index in [-0.39, 0.29) is 51.3 Å². The van der Waals surface area contributed by atoms with E-state index in [1.54, 1.807) is 36.0 Å². The van der Waals surface area contributed by atoms with Crippen molar-refractivity contribution in [3.8, 4) is 0 Å². The number of hydrogen-bond donors (Lipinski definition) is 2. The molecule has 3 heterocycles. The smallest absolute Gasteiger partial charge is 0.381 e. The molecule has 1 aliphatic carbocycles. The quantitative estimate of drug-likeness (QED) is 0.0270. The van der Waals surface area contributed by atoms with E-state index in [2.05, 4.69) is 42.4 Å². The second-order valence-electron chi connectivity index (χ2n) is 23.4. The van der Waals surface area contributed by atoms with E-state index in [0.29, 0.717) is 49.0 Å². The summed E-state index contributed by atoms with van der Waals surface area (Å²) in [4.78, 5) is 63.8. The highest BCUT2D eigenvalue weighted by Crippen LogP contribution is 2.42. The first-order valence-electron chi connectivity index (χ1n) is 29.4. The number of piperazine rings is 2. The van der Waals surface area contributed by atoms with Crippen molar-refractivity contribution >= 4 is 76.0 Å². The molecule has 0 spiro atoms. The summed E-state index contributed by atoms with van der Waals surface area (Å²) in [5.41, 5.74) is 1.24. The minimum Gasteiger partial charge on any atom is -0.381 e. The van der Waals surface area contributed by atoms with Crippen molar-refractivity contribution in [1.82, 2.24) is 24.9 Å². The fourth-order valence-electron chi connectivity index (χ4n) is 11.4. The number of halogens is 4. The number of amides is 2. The second kappa shape index (κ2) is 30.8. The van der Waals surface area contributed by atoms with Crippen molar-refractivity contribution in [3.63, 3.8) is 0 Å². The summed E-state index contributed by atoms with van der Waals surface area (Å²) in [6, 6.07) is 29.7. The Balaban J connectivity index is 0.815. The lowest BCUT2D eigenvalue weighted by molar-refractivity contribution is -0.133. The van der Waals surface area contributed by atoms with Gasteiger partial charge in [-0.25, -0.2) is 0 Å². The monoisotopic (exact) mass is 1190 g/mol. The normalized spacial score (nSPS) is 18.7. The molecule has 3 fully saturated rings. The first kappa shape index (κ1) is 63.1. The third-order valence-corrected chi connectivity index (χ3v) is 18.5.